The van der Waals surface area contributed by atoms with Crippen LogP contribution in [-0.2, 0) is 4.74 Å². The van der Waals surface area contributed by atoms with E-state index in [1.54, 1.807) is 12.1 Å². The maximum atomic E-state index is 11.9. The number of nitrogens with zero attached hydrogens (tertiary/aromatic N) is 1. The van der Waals surface area contributed by atoms with Crippen LogP contribution in [0.25, 0.3) is 11.1 Å². The van der Waals surface area contributed by atoms with Crippen LogP contribution in [0, 0.1) is 0 Å². The minimum absolute atomic E-state index is 0.0583. The van der Waals surface area contributed by atoms with Gasteiger partial charge in [-0.05, 0) is 18.2 Å². The van der Waals surface area contributed by atoms with Crippen molar-refractivity contribution in [3.8, 4) is 17.0 Å². The molecule has 1 aromatic heterocycles. The lowest BCUT2D eigenvalue weighted by atomic mass is 10.0. The summed E-state index contributed by atoms with van der Waals surface area (Å²) in [6.45, 7) is 0. The van der Waals surface area contributed by atoms with E-state index in [2.05, 4.69) is 4.98 Å². The van der Waals surface area contributed by atoms with Crippen molar-refractivity contribution in [2.45, 2.75) is 0 Å². The van der Waals surface area contributed by atoms with Gasteiger partial charge in [0.2, 0.25) is 5.88 Å². The van der Waals surface area contributed by atoms with Crippen LogP contribution in [0.15, 0.2) is 24.3 Å². The number of rotatable bonds is 3. The first-order valence-electron chi connectivity index (χ1n) is 5.76. The molecule has 2 rings (SSSR count). The topological polar surface area (TPSA) is 48.4 Å². The van der Waals surface area contributed by atoms with Gasteiger partial charge >= 0.3 is 5.97 Å². The largest absolute Gasteiger partial charge is 0.481 e. The van der Waals surface area contributed by atoms with E-state index in [1.165, 1.54) is 26.4 Å². The molecule has 0 fully saturated rings. The van der Waals surface area contributed by atoms with Crippen LogP contribution in [0.1, 0.15) is 10.5 Å². The minimum atomic E-state index is -0.619. The molecule has 1 aromatic carbocycles. The fraction of sp³-hybridized carbons (Fsp3) is 0.143. The van der Waals surface area contributed by atoms with E-state index >= 15 is 0 Å². The van der Waals surface area contributed by atoms with Crippen molar-refractivity contribution in [2.75, 3.05) is 14.2 Å². The number of pyridine rings is 1. The molecule has 21 heavy (non-hydrogen) atoms. The summed E-state index contributed by atoms with van der Waals surface area (Å²) in [5, 5.41) is 1.02. The van der Waals surface area contributed by atoms with Crippen LogP contribution in [0.3, 0.4) is 0 Å². The minimum Gasteiger partial charge on any atom is -0.481 e. The standard InChI is InChI=1S/C14H10Cl3NO3/c1-20-11-4-3-8(13(18-11)14(19)21-2)12-9(16)5-7(15)6-10(12)17/h3-6H,1-2H3. The average Bonchev–Trinajstić information content (AvgIpc) is 2.45. The first-order valence-corrected chi connectivity index (χ1v) is 6.89. The molecular formula is C14H10Cl3NO3. The summed E-state index contributed by atoms with van der Waals surface area (Å²) < 4.78 is 9.75. The van der Waals surface area contributed by atoms with E-state index in [1.807, 2.05) is 0 Å². The molecule has 110 valence electrons. The number of hydrogen-bond donors (Lipinski definition) is 0. The third-order valence-electron chi connectivity index (χ3n) is 2.73. The Morgan fingerprint density at radius 3 is 2.24 bits per heavy atom. The number of esters is 1. The lowest BCUT2D eigenvalue weighted by Crippen LogP contribution is -2.08. The molecule has 0 spiro atoms. The number of halogens is 3. The molecule has 0 radical (unpaired) electrons. The Hall–Kier alpha value is -1.49. The Bertz CT molecular complexity index is 681. The molecule has 1 heterocycles. The number of carbonyl (C=O) groups is 1. The van der Waals surface area contributed by atoms with Gasteiger partial charge in [-0.2, -0.15) is 0 Å². The van der Waals surface area contributed by atoms with Crippen LogP contribution in [0.5, 0.6) is 5.88 Å². The van der Waals surface area contributed by atoms with Gasteiger partial charge in [0.1, 0.15) is 0 Å². The van der Waals surface area contributed by atoms with Crippen molar-refractivity contribution in [3.05, 3.63) is 45.0 Å². The molecule has 0 amide bonds. The average molecular weight is 347 g/mol. The fourth-order valence-electron chi connectivity index (χ4n) is 1.81. The van der Waals surface area contributed by atoms with Crippen molar-refractivity contribution in [1.82, 2.24) is 4.98 Å². The first kappa shape index (κ1) is 15.9. The molecule has 4 nitrogen and oxygen atoms in total. The third kappa shape index (κ3) is 3.23. The Labute approximate surface area is 136 Å². The molecule has 7 heteroatoms. The second-order valence-corrected chi connectivity index (χ2v) is 5.24. The Morgan fingerprint density at radius 1 is 1.10 bits per heavy atom. The van der Waals surface area contributed by atoms with E-state index in [0.717, 1.165) is 0 Å². The highest BCUT2D eigenvalue weighted by molar-refractivity contribution is 6.42. The van der Waals surface area contributed by atoms with E-state index in [9.17, 15) is 4.79 Å². The van der Waals surface area contributed by atoms with Crippen molar-refractivity contribution in [2.24, 2.45) is 0 Å². The van der Waals surface area contributed by atoms with Gasteiger partial charge in [0.15, 0.2) is 5.69 Å². The van der Waals surface area contributed by atoms with Crippen molar-refractivity contribution in [3.63, 3.8) is 0 Å². The summed E-state index contributed by atoms with van der Waals surface area (Å²) in [5.74, 6) is -0.341. The van der Waals surface area contributed by atoms with Gasteiger partial charge in [-0.25, -0.2) is 9.78 Å². The zero-order valence-electron chi connectivity index (χ0n) is 11.1. The summed E-state index contributed by atoms with van der Waals surface area (Å²) >= 11 is 18.3. The fourth-order valence-corrected chi connectivity index (χ4v) is 2.83. The molecule has 0 aliphatic carbocycles. The molecule has 0 aliphatic rings. The van der Waals surface area contributed by atoms with Gasteiger partial charge in [0, 0.05) is 22.2 Å². The lowest BCUT2D eigenvalue weighted by molar-refractivity contribution is 0.0594. The van der Waals surface area contributed by atoms with E-state index < -0.39 is 5.97 Å². The van der Waals surface area contributed by atoms with Crippen LogP contribution in [0.2, 0.25) is 15.1 Å². The van der Waals surface area contributed by atoms with E-state index in [0.29, 0.717) is 26.2 Å². The third-order valence-corrected chi connectivity index (χ3v) is 3.55. The maximum absolute atomic E-state index is 11.9. The van der Waals surface area contributed by atoms with Crippen molar-refractivity contribution >= 4 is 40.8 Å². The number of carbonyl (C=O) groups excluding carboxylic acids is 1. The molecule has 0 bridgehead atoms. The van der Waals surface area contributed by atoms with Gasteiger partial charge in [-0.3, -0.25) is 0 Å². The normalized spacial score (nSPS) is 10.3. The monoisotopic (exact) mass is 345 g/mol. The molecule has 0 saturated heterocycles. The zero-order valence-corrected chi connectivity index (χ0v) is 13.4. The van der Waals surface area contributed by atoms with Crippen LogP contribution in [-0.4, -0.2) is 25.2 Å². The van der Waals surface area contributed by atoms with Gasteiger partial charge in [0.25, 0.3) is 0 Å². The summed E-state index contributed by atoms with van der Waals surface area (Å²) in [6.07, 6.45) is 0. The Kier molecular flexibility index (Phi) is 4.93. The Morgan fingerprint density at radius 2 is 1.71 bits per heavy atom. The number of methoxy groups -OCH3 is 2. The predicted molar refractivity (Wildman–Crippen MR) is 82.6 cm³/mol. The Balaban J connectivity index is 2.72. The van der Waals surface area contributed by atoms with Crippen LogP contribution < -0.4 is 4.74 Å². The quantitative estimate of drug-likeness (QED) is 0.768. The van der Waals surface area contributed by atoms with Gasteiger partial charge in [-0.15, -0.1) is 0 Å². The summed E-state index contributed by atoms with van der Waals surface area (Å²) in [7, 11) is 2.71. The molecule has 0 N–H and O–H groups in total. The highest BCUT2D eigenvalue weighted by atomic mass is 35.5. The number of aromatic nitrogens is 1. The lowest BCUT2D eigenvalue weighted by Gasteiger charge is -2.12. The maximum Gasteiger partial charge on any atom is 0.357 e. The highest BCUT2D eigenvalue weighted by Gasteiger charge is 2.21. The van der Waals surface area contributed by atoms with Crippen LogP contribution >= 0.6 is 34.8 Å². The molecule has 0 aliphatic heterocycles. The number of hydrogen-bond acceptors (Lipinski definition) is 4. The molecular weight excluding hydrogens is 337 g/mol. The molecule has 2 aromatic rings. The molecule has 0 unspecified atom stereocenters. The second kappa shape index (κ2) is 6.52. The van der Waals surface area contributed by atoms with Gasteiger partial charge in [-0.1, -0.05) is 34.8 Å². The number of benzene rings is 1. The number of ether oxygens (including phenoxy) is 2. The zero-order chi connectivity index (χ0) is 15.6. The first-order chi connectivity index (χ1) is 9.97. The van der Waals surface area contributed by atoms with Gasteiger partial charge < -0.3 is 9.47 Å². The summed E-state index contributed by atoms with van der Waals surface area (Å²) in [4.78, 5) is 16.0. The second-order valence-electron chi connectivity index (χ2n) is 3.99. The van der Waals surface area contributed by atoms with Crippen molar-refractivity contribution in [1.29, 1.82) is 0 Å². The SMILES string of the molecule is COC(=O)c1nc(OC)ccc1-c1c(Cl)cc(Cl)cc1Cl. The summed E-state index contributed by atoms with van der Waals surface area (Å²) in [5.41, 5.74) is 0.954. The van der Waals surface area contributed by atoms with Crippen molar-refractivity contribution < 1.29 is 14.3 Å². The smallest absolute Gasteiger partial charge is 0.357 e. The van der Waals surface area contributed by atoms with Gasteiger partial charge in [0.05, 0.1) is 24.3 Å². The van der Waals surface area contributed by atoms with E-state index in [-0.39, 0.29) is 11.6 Å². The summed E-state index contributed by atoms with van der Waals surface area (Å²) in [6, 6.07) is 6.31. The molecule has 0 atom stereocenters. The van der Waals surface area contributed by atoms with Crippen LogP contribution in [0.4, 0.5) is 0 Å². The predicted octanol–water partition coefficient (Wildman–Crippen LogP) is 4.50. The molecule has 0 saturated carbocycles. The highest BCUT2D eigenvalue weighted by Crippen LogP contribution is 2.39. The van der Waals surface area contributed by atoms with E-state index in [4.69, 9.17) is 44.3 Å².